The quantitative estimate of drug-likeness (QED) is 0.856. The van der Waals surface area contributed by atoms with Crippen molar-refractivity contribution in [1.82, 2.24) is 9.88 Å². The first kappa shape index (κ1) is 18.0. The number of amides is 1. The first-order chi connectivity index (χ1) is 11.9. The van der Waals surface area contributed by atoms with Crippen LogP contribution >= 0.6 is 0 Å². The van der Waals surface area contributed by atoms with E-state index < -0.39 is 5.60 Å². The Morgan fingerprint density at radius 2 is 2.16 bits per heavy atom. The number of likely N-dealkylation sites (tertiary alicyclic amines) is 1. The van der Waals surface area contributed by atoms with Crippen molar-refractivity contribution < 1.29 is 19.4 Å². The second-order valence-electron chi connectivity index (χ2n) is 8.10. The number of carbonyl (C=O) groups is 1. The average molecular weight is 348 g/mol. The smallest absolute Gasteiger partial charge is 0.410 e. The molecule has 0 radical (unpaired) electrons. The van der Waals surface area contributed by atoms with Gasteiger partial charge in [0, 0.05) is 19.3 Å². The summed E-state index contributed by atoms with van der Waals surface area (Å²) in [6, 6.07) is 2.07. The zero-order valence-corrected chi connectivity index (χ0v) is 15.3. The zero-order valence-electron chi connectivity index (χ0n) is 15.3. The molecule has 1 aromatic heterocycles. The van der Waals surface area contributed by atoms with E-state index in [2.05, 4.69) is 4.98 Å². The monoisotopic (exact) mass is 348 g/mol. The molecule has 6 nitrogen and oxygen atoms in total. The highest BCUT2D eigenvalue weighted by Crippen LogP contribution is 2.40. The highest BCUT2D eigenvalue weighted by Gasteiger charge is 2.37. The van der Waals surface area contributed by atoms with E-state index >= 15 is 0 Å². The lowest BCUT2D eigenvalue weighted by molar-refractivity contribution is -0.0141. The number of pyridine rings is 1. The fourth-order valence-corrected chi connectivity index (χ4v) is 3.11. The molecule has 1 saturated carbocycles. The van der Waals surface area contributed by atoms with Crippen LogP contribution in [0, 0.1) is 11.8 Å². The Morgan fingerprint density at radius 1 is 1.36 bits per heavy atom. The zero-order chi connectivity index (χ0) is 18.0. The summed E-state index contributed by atoms with van der Waals surface area (Å²) in [6.07, 6.45) is 6.24. The van der Waals surface area contributed by atoms with Gasteiger partial charge in [-0.05, 0) is 63.5 Å². The van der Waals surface area contributed by atoms with Gasteiger partial charge in [0.15, 0.2) is 0 Å². The molecule has 2 fully saturated rings. The normalized spacial score (nSPS) is 25.3. The molecule has 25 heavy (non-hydrogen) atoms. The number of aromatic nitrogens is 1. The van der Waals surface area contributed by atoms with Gasteiger partial charge in [-0.2, -0.15) is 0 Å². The lowest BCUT2D eigenvalue weighted by Crippen LogP contribution is -2.55. The van der Waals surface area contributed by atoms with E-state index in [1.165, 1.54) is 0 Å². The van der Waals surface area contributed by atoms with E-state index in [0.29, 0.717) is 25.0 Å². The van der Waals surface area contributed by atoms with Gasteiger partial charge in [-0.3, -0.25) is 4.98 Å². The average Bonchev–Trinajstić information content (AvgIpc) is 3.23. The number of hydrogen-bond acceptors (Lipinski definition) is 5. The van der Waals surface area contributed by atoms with Crippen molar-refractivity contribution >= 4 is 6.09 Å². The highest BCUT2D eigenvalue weighted by atomic mass is 16.6. The number of ether oxygens (including phenoxy) is 2. The maximum atomic E-state index is 12.1. The summed E-state index contributed by atoms with van der Waals surface area (Å²) in [5.41, 5.74) is 0.655. The number of aliphatic hydroxyl groups is 1. The largest absolute Gasteiger partial charge is 0.490 e. The van der Waals surface area contributed by atoms with Crippen LogP contribution in [-0.4, -0.2) is 52.5 Å². The van der Waals surface area contributed by atoms with Crippen LogP contribution in [-0.2, 0) is 11.2 Å². The predicted molar refractivity (Wildman–Crippen MR) is 93.5 cm³/mol. The summed E-state index contributed by atoms with van der Waals surface area (Å²) in [4.78, 5) is 18.1. The minimum atomic E-state index is -0.481. The Kier molecular flexibility index (Phi) is 5.18. The molecule has 3 rings (SSSR count). The van der Waals surface area contributed by atoms with Gasteiger partial charge >= 0.3 is 6.09 Å². The van der Waals surface area contributed by atoms with Crippen molar-refractivity contribution in [2.24, 2.45) is 11.8 Å². The summed E-state index contributed by atoms with van der Waals surface area (Å²) in [6.45, 7) is 7.05. The van der Waals surface area contributed by atoms with E-state index in [4.69, 9.17) is 14.6 Å². The first-order valence-electron chi connectivity index (χ1n) is 9.03. The van der Waals surface area contributed by atoms with E-state index in [0.717, 1.165) is 30.6 Å². The molecule has 6 heteroatoms. The summed E-state index contributed by atoms with van der Waals surface area (Å²) in [5.74, 6) is 1.74. The fraction of sp³-hybridized carbons (Fsp3) is 0.684. The Bertz CT molecular complexity index is 614. The fourth-order valence-electron chi connectivity index (χ4n) is 3.11. The minimum absolute atomic E-state index is 0.0562. The van der Waals surface area contributed by atoms with Crippen LogP contribution in [0.15, 0.2) is 18.5 Å². The molecule has 2 heterocycles. The molecule has 1 amide bonds. The molecule has 1 unspecified atom stereocenters. The number of aliphatic hydroxyl groups excluding tert-OH is 1. The molecule has 2 aliphatic rings. The first-order valence-corrected chi connectivity index (χ1v) is 9.03. The van der Waals surface area contributed by atoms with Crippen LogP contribution in [0.25, 0.3) is 0 Å². The minimum Gasteiger partial charge on any atom is -0.490 e. The molecule has 0 aromatic carbocycles. The van der Waals surface area contributed by atoms with Crippen molar-refractivity contribution in [2.75, 3.05) is 19.8 Å². The van der Waals surface area contributed by atoms with Gasteiger partial charge in [-0.15, -0.1) is 0 Å². The van der Waals surface area contributed by atoms with Crippen molar-refractivity contribution in [3.63, 3.8) is 0 Å². The van der Waals surface area contributed by atoms with Crippen LogP contribution in [0.5, 0.6) is 5.75 Å². The third kappa shape index (κ3) is 4.84. The maximum absolute atomic E-state index is 12.1. The molecule has 138 valence electrons. The van der Waals surface area contributed by atoms with Crippen LogP contribution in [0.4, 0.5) is 4.79 Å². The third-order valence-electron chi connectivity index (χ3n) is 4.79. The summed E-state index contributed by atoms with van der Waals surface area (Å²) < 4.78 is 11.3. The lowest BCUT2D eigenvalue weighted by atomic mass is 10.1. The molecule has 1 aliphatic carbocycles. The van der Waals surface area contributed by atoms with Gasteiger partial charge in [0.1, 0.15) is 18.0 Å². The lowest BCUT2D eigenvalue weighted by Gasteiger charge is -2.40. The van der Waals surface area contributed by atoms with E-state index in [1.54, 1.807) is 11.1 Å². The SMILES string of the molecule is CC(C)(C)OC(=O)N1CC[C@H]1COc1cncc(CC2C[C@@H]2CO)c1. The van der Waals surface area contributed by atoms with Gasteiger partial charge in [-0.1, -0.05) is 0 Å². The number of nitrogens with zero attached hydrogens (tertiary/aromatic N) is 2. The van der Waals surface area contributed by atoms with Crippen LogP contribution in [0.3, 0.4) is 0 Å². The molecule has 1 aromatic rings. The van der Waals surface area contributed by atoms with Gasteiger partial charge in [0.2, 0.25) is 0 Å². The molecular weight excluding hydrogens is 320 g/mol. The Morgan fingerprint density at radius 3 is 2.76 bits per heavy atom. The summed E-state index contributed by atoms with van der Waals surface area (Å²) in [7, 11) is 0. The molecular formula is C19H28N2O4. The topological polar surface area (TPSA) is 71.9 Å². The predicted octanol–water partition coefficient (Wildman–Crippen LogP) is 2.64. The molecule has 0 spiro atoms. The van der Waals surface area contributed by atoms with Gasteiger partial charge in [0.05, 0.1) is 12.2 Å². The Hall–Kier alpha value is -1.82. The van der Waals surface area contributed by atoms with Crippen LogP contribution in [0.2, 0.25) is 0 Å². The number of carbonyl (C=O) groups excluding carboxylic acids is 1. The van der Waals surface area contributed by atoms with E-state index in [-0.39, 0.29) is 18.7 Å². The highest BCUT2D eigenvalue weighted by molar-refractivity contribution is 5.69. The number of hydrogen-bond donors (Lipinski definition) is 1. The van der Waals surface area contributed by atoms with Crippen molar-refractivity contribution in [1.29, 1.82) is 0 Å². The van der Waals surface area contributed by atoms with E-state index in [1.807, 2.05) is 33.0 Å². The van der Waals surface area contributed by atoms with Crippen molar-refractivity contribution in [3.05, 3.63) is 24.0 Å². The summed E-state index contributed by atoms with van der Waals surface area (Å²) >= 11 is 0. The molecule has 1 N–H and O–H groups in total. The molecule has 0 bridgehead atoms. The second kappa shape index (κ2) is 7.20. The van der Waals surface area contributed by atoms with Gasteiger partial charge in [0.25, 0.3) is 0 Å². The van der Waals surface area contributed by atoms with Crippen molar-refractivity contribution in [3.8, 4) is 5.75 Å². The van der Waals surface area contributed by atoms with Gasteiger partial charge < -0.3 is 19.5 Å². The molecule has 1 aliphatic heterocycles. The Balaban J connectivity index is 1.48. The van der Waals surface area contributed by atoms with Crippen LogP contribution in [0.1, 0.15) is 39.2 Å². The maximum Gasteiger partial charge on any atom is 0.410 e. The van der Waals surface area contributed by atoms with Gasteiger partial charge in [-0.25, -0.2) is 4.79 Å². The standard InChI is InChI=1S/C19H28N2O4/c1-19(2,3)25-18(23)21-5-4-16(21)12-24-17-7-13(9-20-10-17)6-14-8-15(14)11-22/h7,9-10,14-16,22H,4-6,8,11-12H2,1-3H3/t14?,15-,16+/m1/s1. The second-order valence-corrected chi connectivity index (χ2v) is 8.10. The molecule has 3 atom stereocenters. The number of rotatable bonds is 6. The van der Waals surface area contributed by atoms with Crippen molar-refractivity contribution in [2.45, 2.75) is 51.7 Å². The Labute approximate surface area is 149 Å². The van der Waals surface area contributed by atoms with E-state index in [9.17, 15) is 4.79 Å². The molecule has 1 saturated heterocycles. The third-order valence-corrected chi connectivity index (χ3v) is 4.79. The van der Waals surface area contributed by atoms with Crippen LogP contribution < -0.4 is 4.74 Å². The summed E-state index contributed by atoms with van der Waals surface area (Å²) in [5, 5.41) is 9.15.